The highest BCUT2D eigenvalue weighted by atomic mass is 35.5. The number of hydrogen-bond donors (Lipinski definition) is 2. The van der Waals surface area contributed by atoms with E-state index in [2.05, 4.69) is 5.32 Å². The fourth-order valence-corrected chi connectivity index (χ4v) is 3.23. The Morgan fingerprint density at radius 3 is 2.57 bits per heavy atom. The molecule has 0 saturated heterocycles. The molecule has 1 atom stereocenters. The molecule has 2 aromatic rings. The third kappa shape index (κ3) is 2.64. The van der Waals surface area contributed by atoms with Gasteiger partial charge < -0.3 is 11.1 Å². The Morgan fingerprint density at radius 1 is 1.14 bits per heavy atom. The Hall–Kier alpha value is -1.55. The van der Waals surface area contributed by atoms with Gasteiger partial charge in [-0.2, -0.15) is 0 Å². The van der Waals surface area contributed by atoms with Gasteiger partial charge in [0.15, 0.2) is 0 Å². The lowest BCUT2D eigenvalue weighted by molar-refractivity contribution is 0.0946. The van der Waals surface area contributed by atoms with Gasteiger partial charge in [-0.05, 0) is 35.7 Å². The van der Waals surface area contributed by atoms with Gasteiger partial charge in [0.1, 0.15) is 0 Å². The van der Waals surface area contributed by atoms with Crippen molar-refractivity contribution in [3.8, 4) is 0 Å². The zero-order valence-corrected chi connectivity index (χ0v) is 12.7. The van der Waals surface area contributed by atoms with Crippen LogP contribution in [-0.2, 0) is 6.42 Å². The van der Waals surface area contributed by atoms with E-state index in [1.807, 2.05) is 18.2 Å². The first-order valence-corrected chi connectivity index (χ1v) is 7.44. The molecule has 0 radical (unpaired) electrons. The van der Waals surface area contributed by atoms with Crippen LogP contribution in [0.4, 0.5) is 0 Å². The largest absolute Gasteiger partial charge is 0.352 e. The number of benzene rings is 2. The van der Waals surface area contributed by atoms with Crippen molar-refractivity contribution < 1.29 is 4.79 Å². The molecule has 1 aliphatic heterocycles. The average molecular weight is 321 g/mol. The van der Waals surface area contributed by atoms with Gasteiger partial charge >= 0.3 is 0 Å². The first-order chi connectivity index (χ1) is 10.1. The van der Waals surface area contributed by atoms with Crippen LogP contribution in [-0.4, -0.2) is 12.5 Å². The Bertz CT molecular complexity index is 695. The van der Waals surface area contributed by atoms with E-state index in [-0.39, 0.29) is 5.91 Å². The van der Waals surface area contributed by atoms with Crippen LogP contribution in [0.3, 0.4) is 0 Å². The second-order valence-corrected chi connectivity index (χ2v) is 5.85. The summed E-state index contributed by atoms with van der Waals surface area (Å²) >= 11 is 12.4. The third-order valence-electron chi connectivity index (χ3n) is 3.73. The number of nitrogens with one attached hydrogen (secondary N) is 1. The number of halogens is 2. The van der Waals surface area contributed by atoms with E-state index in [4.69, 9.17) is 28.9 Å². The van der Waals surface area contributed by atoms with Crippen molar-refractivity contribution in [2.45, 2.75) is 12.5 Å². The van der Waals surface area contributed by atoms with Crippen molar-refractivity contribution >= 4 is 29.1 Å². The highest BCUT2D eigenvalue weighted by Gasteiger charge is 2.21. The lowest BCUT2D eigenvalue weighted by Gasteiger charge is -2.20. The minimum absolute atomic E-state index is 0.0597. The van der Waals surface area contributed by atoms with Crippen LogP contribution in [0, 0.1) is 0 Å². The molecule has 1 aliphatic rings. The summed E-state index contributed by atoms with van der Waals surface area (Å²) in [5.74, 6) is -0.0597. The summed E-state index contributed by atoms with van der Waals surface area (Å²) in [6.07, 6.45) is 0.837. The molecule has 1 amide bonds. The van der Waals surface area contributed by atoms with Gasteiger partial charge in [-0.25, -0.2) is 0 Å². The number of nitrogens with two attached hydrogens (primary N) is 1. The van der Waals surface area contributed by atoms with Crippen molar-refractivity contribution in [2.75, 3.05) is 6.54 Å². The highest BCUT2D eigenvalue weighted by Crippen LogP contribution is 2.33. The lowest BCUT2D eigenvalue weighted by atomic mass is 9.93. The molecule has 0 aromatic heterocycles. The summed E-state index contributed by atoms with van der Waals surface area (Å²) in [5.41, 5.74) is 9.51. The van der Waals surface area contributed by atoms with Gasteiger partial charge in [-0.3, -0.25) is 4.79 Å². The van der Waals surface area contributed by atoms with E-state index in [1.165, 1.54) is 0 Å². The van der Waals surface area contributed by atoms with Crippen LogP contribution in [0.1, 0.15) is 33.1 Å². The summed E-state index contributed by atoms with van der Waals surface area (Å²) < 4.78 is 0. The Morgan fingerprint density at radius 2 is 1.86 bits per heavy atom. The fraction of sp³-hybridized carbons (Fsp3) is 0.188. The van der Waals surface area contributed by atoms with Crippen molar-refractivity contribution in [1.82, 2.24) is 5.32 Å². The molecule has 3 nitrogen and oxygen atoms in total. The predicted molar refractivity (Wildman–Crippen MR) is 85.0 cm³/mol. The fourth-order valence-electron chi connectivity index (χ4n) is 2.60. The molecule has 0 saturated carbocycles. The van der Waals surface area contributed by atoms with Crippen molar-refractivity contribution in [3.63, 3.8) is 0 Å². The molecule has 108 valence electrons. The van der Waals surface area contributed by atoms with Gasteiger partial charge in [0.25, 0.3) is 5.91 Å². The SMILES string of the molecule is NC(c1ccc2c(c1)C(=O)NCC2)c1c(Cl)cccc1Cl. The van der Waals surface area contributed by atoms with Gasteiger partial charge in [-0.15, -0.1) is 0 Å². The van der Waals surface area contributed by atoms with Crippen LogP contribution in [0.5, 0.6) is 0 Å². The molecule has 3 N–H and O–H groups in total. The molecule has 0 aliphatic carbocycles. The molecule has 0 fully saturated rings. The maximum atomic E-state index is 11.9. The molecule has 2 aromatic carbocycles. The number of carbonyl (C=O) groups is 1. The monoisotopic (exact) mass is 320 g/mol. The van der Waals surface area contributed by atoms with Crippen molar-refractivity contribution in [2.24, 2.45) is 5.73 Å². The van der Waals surface area contributed by atoms with Gasteiger partial charge in [0, 0.05) is 27.7 Å². The first kappa shape index (κ1) is 14.4. The van der Waals surface area contributed by atoms with E-state index in [0.29, 0.717) is 27.7 Å². The summed E-state index contributed by atoms with van der Waals surface area (Å²) in [4.78, 5) is 11.9. The summed E-state index contributed by atoms with van der Waals surface area (Å²) in [5, 5.41) is 3.89. The third-order valence-corrected chi connectivity index (χ3v) is 4.39. The minimum Gasteiger partial charge on any atom is -0.352 e. The van der Waals surface area contributed by atoms with E-state index >= 15 is 0 Å². The molecule has 0 bridgehead atoms. The van der Waals surface area contributed by atoms with Gasteiger partial charge in [0.05, 0.1) is 6.04 Å². The molecule has 0 spiro atoms. The Kier molecular flexibility index (Phi) is 3.89. The van der Waals surface area contributed by atoms with E-state index < -0.39 is 6.04 Å². The first-order valence-electron chi connectivity index (χ1n) is 6.68. The van der Waals surface area contributed by atoms with Crippen molar-refractivity contribution in [1.29, 1.82) is 0 Å². The lowest BCUT2D eigenvalue weighted by Crippen LogP contribution is -2.32. The Balaban J connectivity index is 2.05. The van der Waals surface area contributed by atoms with Crippen LogP contribution in [0.25, 0.3) is 0 Å². The van der Waals surface area contributed by atoms with Crippen molar-refractivity contribution in [3.05, 3.63) is 68.7 Å². The molecule has 21 heavy (non-hydrogen) atoms. The van der Waals surface area contributed by atoms with Crippen LogP contribution < -0.4 is 11.1 Å². The van der Waals surface area contributed by atoms with Crippen LogP contribution >= 0.6 is 23.2 Å². The van der Waals surface area contributed by atoms with Crippen LogP contribution in [0.2, 0.25) is 10.0 Å². The normalized spacial score (nSPS) is 15.3. The minimum atomic E-state index is -0.466. The van der Waals surface area contributed by atoms with E-state index in [9.17, 15) is 4.79 Å². The second kappa shape index (κ2) is 5.68. The number of hydrogen-bond acceptors (Lipinski definition) is 2. The average Bonchev–Trinajstić information content (AvgIpc) is 2.47. The number of fused-ring (bicyclic) bond motifs is 1. The zero-order valence-electron chi connectivity index (χ0n) is 11.2. The summed E-state index contributed by atoms with van der Waals surface area (Å²) in [6, 6.07) is 10.5. The molecule has 5 heteroatoms. The zero-order chi connectivity index (χ0) is 15.0. The second-order valence-electron chi connectivity index (χ2n) is 5.04. The topological polar surface area (TPSA) is 55.1 Å². The molecule has 1 heterocycles. The van der Waals surface area contributed by atoms with Gasteiger partial charge in [-0.1, -0.05) is 41.4 Å². The summed E-state index contributed by atoms with van der Waals surface area (Å²) in [6.45, 7) is 0.674. The molecule has 3 rings (SSSR count). The van der Waals surface area contributed by atoms with E-state index in [1.54, 1.807) is 18.2 Å². The number of rotatable bonds is 2. The number of carbonyl (C=O) groups excluding carboxylic acids is 1. The highest BCUT2D eigenvalue weighted by molar-refractivity contribution is 6.36. The van der Waals surface area contributed by atoms with Gasteiger partial charge in [0.2, 0.25) is 0 Å². The summed E-state index contributed by atoms with van der Waals surface area (Å²) in [7, 11) is 0. The standard InChI is InChI=1S/C16H14Cl2N2O/c17-12-2-1-3-13(18)14(12)15(19)10-5-4-9-6-7-20-16(21)11(9)8-10/h1-5,8,15H,6-7,19H2,(H,20,21). The molecular weight excluding hydrogens is 307 g/mol. The number of amides is 1. The smallest absolute Gasteiger partial charge is 0.251 e. The molecule has 1 unspecified atom stereocenters. The predicted octanol–water partition coefficient (Wildman–Crippen LogP) is 3.33. The van der Waals surface area contributed by atoms with E-state index in [0.717, 1.165) is 17.5 Å². The molecular formula is C16H14Cl2N2O. The maximum Gasteiger partial charge on any atom is 0.251 e. The van der Waals surface area contributed by atoms with Crippen LogP contribution in [0.15, 0.2) is 36.4 Å². The quantitative estimate of drug-likeness (QED) is 0.891. The maximum absolute atomic E-state index is 11.9. The Labute approximate surface area is 133 Å².